The molecule has 20 heavy (non-hydrogen) atoms. The molecule has 108 valence electrons. The van der Waals surface area contributed by atoms with Crippen molar-refractivity contribution in [2.75, 3.05) is 12.3 Å². The molecule has 0 bridgehead atoms. The maximum Gasteiger partial charge on any atom is 0.326 e. The number of nitrogen functional groups attached to an aromatic ring is 1. The lowest BCUT2D eigenvalue weighted by Crippen LogP contribution is -2.40. The molecule has 6 nitrogen and oxygen atoms in total. The van der Waals surface area contributed by atoms with Crippen LogP contribution >= 0.6 is 23.2 Å². The summed E-state index contributed by atoms with van der Waals surface area (Å²) in [7, 11) is 0. The fraction of sp³-hybridized carbons (Fsp3) is 0.333. The second-order valence-corrected chi connectivity index (χ2v) is 5.37. The average Bonchev–Trinajstić information content (AvgIpc) is 2.76. The first-order valence-corrected chi connectivity index (χ1v) is 6.53. The normalized spacial score (nSPS) is 22.1. The molecule has 1 aromatic rings. The number of nitrogens with two attached hydrogens (primary N) is 1. The number of benzene rings is 1. The van der Waals surface area contributed by atoms with Gasteiger partial charge in [-0.25, -0.2) is 4.79 Å². The van der Waals surface area contributed by atoms with Crippen molar-refractivity contribution in [2.24, 2.45) is 0 Å². The molecular formula is C12H12Cl2N2O4. The molecular weight excluding hydrogens is 307 g/mol. The minimum atomic E-state index is -1.16. The molecule has 1 saturated heterocycles. The molecule has 0 aromatic heterocycles. The van der Waals surface area contributed by atoms with Gasteiger partial charge in [-0.15, -0.1) is 0 Å². The van der Waals surface area contributed by atoms with Crippen LogP contribution in [-0.4, -0.2) is 45.7 Å². The smallest absolute Gasteiger partial charge is 0.326 e. The van der Waals surface area contributed by atoms with E-state index in [1.807, 2.05) is 0 Å². The van der Waals surface area contributed by atoms with Crippen LogP contribution in [0.25, 0.3) is 0 Å². The highest BCUT2D eigenvalue weighted by molar-refractivity contribution is 6.39. The number of rotatable bonds is 2. The summed E-state index contributed by atoms with van der Waals surface area (Å²) in [5.41, 5.74) is 5.87. The monoisotopic (exact) mass is 318 g/mol. The van der Waals surface area contributed by atoms with E-state index in [4.69, 9.17) is 34.0 Å². The molecule has 0 spiro atoms. The number of carbonyl (C=O) groups is 2. The third kappa shape index (κ3) is 2.67. The number of carboxylic acid groups (broad SMARTS) is 1. The van der Waals surface area contributed by atoms with E-state index in [0.717, 1.165) is 4.90 Å². The predicted octanol–water partition coefficient (Wildman–Crippen LogP) is 1.24. The highest BCUT2D eigenvalue weighted by atomic mass is 35.5. The molecule has 2 rings (SSSR count). The first-order valence-electron chi connectivity index (χ1n) is 5.77. The summed E-state index contributed by atoms with van der Waals surface area (Å²) in [5, 5.41) is 18.8. The lowest BCUT2D eigenvalue weighted by molar-refractivity contribution is -0.141. The van der Waals surface area contributed by atoms with Crippen LogP contribution in [0.4, 0.5) is 5.69 Å². The largest absolute Gasteiger partial charge is 0.480 e. The zero-order chi connectivity index (χ0) is 15.0. The number of halogens is 2. The number of anilines is 1. The van der Waals surface area contributed by atoms with Gasteiger partial charge < -0.3 is 20.8 Å². The van der Waals surface area contributed by atoms with Crippen LogP contribution in [-0.2, 0) is 4.79 Å². The lowest BCUT2D eigenvalue weighted by atomic mass is 10.1. The SMILES string of the molecule is Nc1c(Cl)cc(C(=O)N2CC(O)CC2C(=O)O)cc1Cl. The number of amides is 1. The molecule has 1 aliphatic heterocycles. The Morgan fingerprint density at radius 1 is 1.30 bits per heavy atom. The van der Waals surface area contributed by atoms with Gasteiger partial charge in [0.25, 0.3) is 5.91 Å². The standard InChI is InChI=1S/C12H12Cl2N2O4/c13-7-1-5(2-8(14)10(7)15)11(18)16-4-6(17)3-9(16)12(19)20/h1-2,6,9,17H,3-4,15H2,(H,19,20). The van der Waals surface area contributed by atoms with Gasteiger partial charge >= 0.3 is 5.97 Å². The number of nitrogens with zero attached hydrogens (tertiary/aromatic N) is 1. The van der Waals surface area contributed by atoms with Crippen LogP contribution < -0.4 is 5.73 Å². The van der Waals surface area contributed by atoms with Gasteiger partial charge in [-0.05, 0) is 12.1 Å². The zero-order valence-corrected chi connectivity index (χ0v) is 11.7. The zero-order valence-electron chi connectivity index (χ0n) is 10.2. The first kappa shape index (κ1) is 14.9. The molecule has 1 heterocycles. The summed E-state index contributed by atoms with van der Waals surface area (Å²) < 4.78 is 0. The number of aliphatic carboxylic acids is 1. The molecule has 0 saturated carbocycles. The van der Waals surface area contributed by atoms with Gasteiger partial charge in [0.2, 0.25) is 0 Å². The van der Waals surface area contributed by atoms with Crippen LogP contribution in [0.1, 0.15) is 16.8 Å². The molecule has 1 aromatic carbocycles. The molecule has 2 atom stereocenters. The Morgan fingerprint density at radius 3 is 2.35 bits per heavy atom. The summed E-state index contributed by atoms with van der Waals surface area (Å²) in [4.78, 5) is 24.5. The van der Waals surface area contributed by atoms with Crippen molar-refractivity contribution in [1.29, 1.82) is 0 Å². The predicted molar refractivity (Wildman–Crippen MR) is 74.0 cm³/mol. The second-order valence-electron chi connectivity index (χ2n) is 4.55. The van der Waals surface area contributed by atoms with Gasteiger partial charge in [-0.1, -0.05) is 23.2 Å². The fourth-order valence-corrected chi connectivity index (χ4v) is 2.63. The Hall–Kier alpha value is -1.50. The number of aliphatic hydroxyl groups excluding tert-OH is 1. The quantitative estimate of drug-likeness (QED) is 0.712. The summed E-state index contributed by atoms with van der Waals surface area (Å²) in [6.45, 7) is -0.0462. The lowest BCUT2D eigenvalue weighted by Gasteiger charge is -2.21. The van der Waals surface area contributed by atoms with Crippen molar-refractivity contribution in [3.63, 3.8) is 0 Å². The topological polar surface area (TPSA) is 104 Å². The Kier molecular flexibility index (Phi) is 4.08. The number of hydrogen-bond donors (Lipinski definition) is 3. The van der Waals surface area contributed by atoms with E-state index >= 15 is 0 Å². The van der Waals surface area contributed by atoms with Crippen LogP contribution in [0, 0.1) is 0 Å². The fourth-order valence-electron chi connectivity index (χ4n) is 2.15. The van der Waals surface area contributed by atoms with E-state index in [1.54, 1.807) is 0 Å². The molecule has 1 amide bonds. The Labute approximate surface area is 124 Å². The highest BCUT2D eigenvalue weighted by Crippen LogP contribution is 2.30. The van der Waals surface area contributed by atoms with E-state index in [-0.39, 0.29) is 34.3 Å². The van der Waals surface area contributed by atoms with Crippen molar-refractivity contribution in [3.8, 4) is 0 Å². The summed E-state index contributed by atoms with van der Waals surface area (Å²) in [6, 6.07) is 1.59. The molecule has 1 fully saturated rings. The van der Waals surface area contributed by atoms with E-state index in [9.17, 15) is 14.7 Å². The van der Waals surface area contributed by atoms with Gasteiger partial charge in [-0.2, -0.15) is 0 Å². The molecule has 2 unspecified atom stereocenters. The number of carboxylic acids is 1. The van der Waals surface area contributed by atoms with Crippen molar-refractivity contribution in [3.05, 3.63) is 27.7 Å². The van der Waals surface area contributed by atoms with E-state index in [2.05, 4.69) is 0 Å². The van der Waals surface area contributed by atoms with E-state index < -0.39 is 24.0 Å². The first-order chi connectivity index (χ1) is 9.31. The number of aliphatic hydroxyl groups is 1. The van der Waals surface area contributed by atoms with Crippen LogP contribution in [0.5, 0.6) is 0 Å². The van der Waals surface area contributed by atoms with Gasteiger partial charge in [0.15, 0.2) is 0 Å². The number of β-amino-alcohol motifs (C(OH)–C–C–N with tert-alkyl or cyclic N) is 1. The summed E-state index contributed by atoms with van der Waals surface area (Å²) in [5.74, 6) is -1.72. The highest BCUT2D eigenvalue weighted by Gasteiger charge is 2.39. The molecule has 8 heteroatoms. The Bertz CT molecular complexity index is 556. The van der Waals surface area contributed by atoms with Crippen molar-refractivity contribution in [1.82, 2.24) is 4.90 Å². The third-order valence-electron chi connectivity index (χ3n) is 3.15. The molecule has 4 N–H and O–H groups in total. The van der Waals surface area contributed by atoms with E-state index in [0.29, 0.717) is 0 Å². The number of likely N-dealkylation sites (tertiary alicyclic amines) is 1. The molecule has 0 aliphatic carbocycles. The van der Waals surface area contributed by atoms with Gasteiger partial charge in [0.05, 0.1) is 21.8 Å². The van der Waals surface area contributed by atoms with Gasteiger partial charge in [0, 0.05) is 18.5 Å². The van der Waals surface area contributed by atoms with Crippen molar-refractivity contribution >= 4 is 40.8 Å². The summed E-state index contributed by atoms with van der Waals surface area (Å²) >= 11 is 11.7. The van der Waals surface area contributed by atoms with E-state index in [1.165, 1.54) is 12.1 Å². The summed E-state index contributed by atoms with van der Waals surface area (Å²) in [6.07, 6.45) is -0.864. The minimum absolute atomic E-state index is 0.00247. The Balaban J connectivity index is 2.33. The maximum absolute atomic E-state index is 12.3. The minimum Gasteiger partial charge on any atom is -0.480 e. The van der Waals surface area contributed by atoms with Crippen LogP contribution in [0.2, 0.25) is 10.0 Å². The molecule has 1 aliphatic rings. The third-order valence-corrected chi connectivity index (χ3v) is 3.78. The number of carbonyl (C=O) groups excluding carboxylic acids is 1. The average molecular weight is 319 g/mol. The van der Waals surface area contributed by atoms with Crippen molar-refractivity contribution < 1.29 is 19.8 Å². The molecule has 0 radical (unpaired) electrons. The van der Waals surface area contributed by atoms with Gasteiger partial charge in [-0.3, -0.25) is 4.79 Å². The Morgan fingerprint density at radius 2 is 1.85 bits per heavy atom. The van der Waals surface area contributed by atoms with Crippen LogP contribution in [0.3, 0.4) is 0 Å². The maximum atomic E-state index is 12.3. The van der Waals surface area contributed by atoms with Crippen LogP contribution in [0.15, 0.2) is 12.1 Å². The number of hydrogen-bond acceptors (Lipinski definition) is 4. The van der Waals surface area contributed by atoms with Gasteiger partial charge in [0.1, 0.15) is 6.04 Å². The second kappa shape index (κ2) is 5.47. The van der Waals surface area contributed by atoms with Crippen molar-refractivity contribution in [2.45, 2.75) is 18.6 Å².